The van der Waals surface area contributed by atoms with Crippen LogP contribution in [0.2, 0.25) is 0 Å². The molecule has 5 nitrogen and oxygen atoms in total. The summed E-state index contributed by atoms with van der Waals surface area (Å²) in [5, 5.41) is 22.7. The van der Waals surface area contributed by atoms with Crippen LogP contribution in [0.25, 0.3) is 10.9 Å². The zero-order chi connectivity index (χ0) is 18.5. The van der Waals surface area contributed by atoms with E-state index < -0.39 is 17.9 Å². The molecule has 0 radical (unpaired) electrons. The van der Waals surface area contributed by atoms with Gasteiger partial charge >= 0.3 is 0 Å². The van der Waals surface area contributed by atoms with Crippen molar-refractivity contribution in [1.82, 2.24) is 9.88 Å². The lowest BCUT2D eigenvalue weighted by atomic mass is 9.69. The SMILES string of the molecule is COc1ccc2nccc([C@@H](O)[C@@H]3C[C@@H]4CCN3C[C@]4(O)C(C)F)c2c1. The van der Waals surface area contributed by atoms with Gasteiger partial charge in [0, 0.05) is 24.2 Å². The number of benzene rings is 1. The monoisotopic (exact) mass is 360 g/mol. The summed E-state index contributed by atoms with van der Waals surface area (Å²) >= 11 is 0. The van der Waals surface area contributed by atoms with Crippen LogP contribution in [0, 0.1) is 5.92 Å². The Hall–Kier alpha value is -1.76. The molecule has 6 heteroatoms. The Labute approximate surface area is 152 Å². The van der Waals surface area contributed by atoms with Crippen LogP contribution in [0.4, 0.5) is 4.39 Å². The van der Waals surface area contributed by atoms with Crippen molar-refractivity contribution in [2.75, 3.05) is 20.2 Å². The molecule has 4 heterocycles. The largest absolute Gasteiger partial charge is 0.497 e. The molecular formula is C20H25FN2O3. The van der Waals surface area contributed by atoms with E-state index in [1.165, 1.54) is 6.92 Å². The molecule has 3 fully saturated rings. The number of rotatable bonds is 4. The van der Waals surface area contributed by atoms with Crippen molar-refractivity contribution in [3.05, 3.63) is 36.0 Å². The molecule has 1 aromatic carbocycles. The van der Waals surface area contributed by atoms with Gasteiger partial charge < -0.3 is 14.9 Å². The number of pyridine rings is 1. The molecule has 1 aromatic heterocycles. The average molecular weight is 360 g/mol. The van der Waals surface area contributed by atoms with Gasteiger partial charge in [-0.05, 0) is 62.1 Å². The van der Waals surface area contributed by atoms with E-state index >= 15 is 0 Å². The van der Waals surface area contributed by atoms with E-state index in [9.17, 15) is 14.6 Å². The Morgan fingerprint density at radius 2 is 2.19 bits per heavy atom. The summed E-state index contributed by atoms with van der Waals surface area (Å²) in [5.41, 5.74) is 0.286. The molecule has 0 saturated carbocycles. The zero-order valence-electron chi connectivity index (χ0n) is 15.1. The Morgan fingerprint density at radius 3 is 2.85 bits per heavy atom. The van der Waals surface area contributed by atoms with Gasteiger partial charge in [0.2, 0.25) is 0 Å². The van der Waals surface area contributed by atoms with Crippen molar-refractivity contribution >= 4 is 10.9 Å². The fourth-order valence-electron chi connectivity index (χ4n) is 4.67. The maximum atomic E-state index is 14.0. The van der Waals surface area contributed by atoms with E-state index in [-0.39, 0.29) is 18.5 Å². The highest BCUT2D eigenvalue weighted by molar-refractivity contribution is 5.83. The predicted octanol–water partition coefficient (Wildman–Crippen LogP) is 2.46. The summed E-state index contributed by atoms with van der Waals surface area (Å²) in [6.45, 7) is 2.47. The van der Waals surface area contributed by atoms with Gasteiger partial charge in [-0.1, -0.05) is 0 Å². The molecule has 0 aliphatic carbocycles. The number of fused-ring (bicyclic) bond motifs is 4. The van der Waals surface area contributed by atoms with Crippen LogP contribution < -0.4 is 4.74 Å². The molecule has 26 heavy (non-hydrogen) atoms. The molecule has 3 saturated heterocycles. The maximum Gasteiger partial charge on any atom is 0.127 e. The number of aliphatic hydroxyl groups excluding tert-OH is 1. The first-order valence-electron chi connectivity index (χ1n) is 9.15. The minimum Gasteiger partial charge on any atom is -0.497 e. The van der Waals surface area contributed by atoms with Gasteiger partial charge in [0.05, 0.1) is 18.7 Å². The Kier molecular flexibility index (Phi) is 4.37. The molecule has 2 N–H and O–H groups in total. The lowest BCUT2D eigenvalue weighted by Gasteiger charge is -2.55. The summed E-state index contributed by atoms with van der Waals surface area (Å²) < 4.78 is 19.3. The number of aromatic nitrogens is 1. The van der Waals surface area contributed by atoms with Gasteiger partial charge in [-0.3, -0.25) is 9.88 Å². The van der Waals surface area contributed by atoms with Gasteiger partial charge in [-0.25, -0.2) is 4.39 Å². The fraction of sp³-hybridized carbons (Fsp3) is 0.550. The average Bonchev–Trinajstić information content (AvgIpc) is 2.66. The highest BCUT2D eigenvalue weighted by Crippen LogP contribution is 2.45. The number of piperidine rings is 3. The topological polar surface area (TPSA) is 65.8 Å². The molecular weight excluding hydrogens is 335 g/mol. The van der Waals surface area contributed by atoms with Gasteiger partial charge in [-0.15, -0.1) is 0 Å². The molecule has 2 aromatic rings. The van der Waals surface area contributed by atoms with E-state index in [1.54, 1.807) is 13.3 Å². The molecule has 0 spiro atoms. The highest BCUT2D eigenvalue weighted by atomic mass is 19.1. The quantitative estimate of drug-likeness (QED) is 0.877. The van der Waals surface area contributed by atoms with Crippen molar-refractivity contribution in [2.45, 2.75) is 43.7 Å². The Morgan fingerprint density at radius 1 is 1.38 bits per heavy atom. The number of alkyl halides is 1. The van der Waals surface area contributed by atoms with Gasteiger partial charge in [0.1, 0.15) is 17.5 Å². The standard InChI is InChI=1S/C20H25FN2O3/c1-12(21)20(25)11-23-8-6-13(20)9-18(23)19(24)15-5-7-22-17-4-3-14(26-2)10-16(15)17/h3-5,7,10,12-13,18-19,24-25H,6,8-9,11H2,1-2H3/t12?,13-,18-,19+,20-/m0/s1. The summed E-state index contributed by atoms with van der Waals surface area (Å²) in [6.07, 6.45) is 1.04. The summed E-state index contributed by atoms with van der Waals surface area (Å²) in [5.74, 6) is 0.583. The zero-order valence-corrected chi connectivity index (χ0v) is 15.1. The van der Waals surface area contributed by atoms with Crippen LogP contribution in [0.5, 0.6) is 5.75 Å². The lowest BCUT2D eigenvalue weighted by molar-refractivity contribution is -0.178. The van der Waals surface area contributed by atoms with E-state index in [1.807, 2.05) is 29.2 Å². The molecule has 2 bridgehead atoms. The minimum absolute atomic E-state index is 0.130. The third kappa shape index (κ3) is 2.68. The van der Waals surface area contributed by atoms with Gasteiger partial charge in [0.25, 0.3) is 0 Å². The maximum absolute atomic E-state index is 14.0. The second kappa shape index (κ2) is 6.44. The van der Waals surface area contributed by atoms with Gasteiger partial charge in [0.15, 0.2) is 0 Å². The van der Waals surface area contributed by atoms with E-state index in [4.69, 9.17) is 4.74 Å². The van der Waals surface area contributed by atoms with Gasteiger partial charge in [-0.2, -0.15) is 0 Å². The van der Waals surface area contributed by atoms with Crippen LogP contribution >= 0.6 is 0 Å². The van der Waals surface area contributed by atoms with Crippen LogP contribution in [0.1, 0.15) is 31.4 Å². The Balaban J connectivity index is 1.67. The number of halogens is 1. The van der Waals surface area contributed by atoms with Crippen molar-refractivity contribution in [2.24, 2.45) is 5.92 Å². The number of ether oxygens (including phenoxy) is 1. The van der Waals surface area contributed by atoms with Crippen LogP contribution in [-0.2, 0) is 0 Å². The van der Waals surface area contributed by atoms with Crippen molar-refractivity contribution < 1.29 is 19.3 Å². The highest BCUT2D eigenvalue weighted by Gasteiger charge is 2.53. The van der Waals surface area contributed by atoms with Crippen molar-refractivity contribution in [1.29, 1.82) is 0 Å². The molecule has 5 rings (SSSR count). The number of hydrogen-bond acceptors (Lipinski definition) is 5. The molecule has 0 amide bonds. The summed E-state index contributed by atoms with van der Waals surface area (Å²) in [4.78, 5) is 6.40. The fourth-order valence-corrected chi connectivity index (χ4v) is 4.67. The minimum atomic E-state index is -1.31. The number of hydrogen-bond donors (Lipinski definition) is 2. The van der Waals surface area contributed by atoms with Crippen LogP contribution in [0.3, 0.4) is 0 Å². The predicted molar refractivity (Wildman–Crippen MR) is 96.9 cm³/mol. The van der Waals surface area contributed by atoms with E-state index in [2.05, 4.69) is 4.98 Å². The molecule has 3 aliphatic rings. The van der Waals surface area contributed by atoms with Crippen LogP contribution in [0.15, 0.2) is 30.5 Å². The first kappa shape index (κ1) is 17.6. The second-order valence-corrected chi connectivity index (χ2v) is 7.59. The smallest absolute Gasteiger partial charge is 0.127 e. The van der Waals surface area contributed by atoms with Crippen molar-refractivity contribution in [3.63, 3.8) is 0 Å². The van der Waals surface area contributed by atoms with E-state index in [0.29, 0.717) is 12.2 Å². The summed E-state index contributed by atoms with van der Waals surface area (Å²) in [6, 6.07) is 7.31. The first-order valence-corrected chi connectivity index (χ1v) is 9.15. The molecule has 140 valence electrons. The van der Waals surface area contributed by atoms with Crippen LogP contribution in [-0.4, -0.2) is 58.1 Å². The first-order chi connectivity index (χ1) is 12.4. The third-order valence-corrected chi connectivity index (χ3v) is 6.28. The number of nitrogens with zero attached hydrogens (tertiary/aromatic N) is 2. The summed E-state index contributed by atoms with van der Waals surface area (Å²) in [7, 11) is 1.61. The lowest BCUT2D eigenvalue weighted by Crippen LogP contribution is -2.66. The van der Waals surface area contributed by atoms with Crippen molar-refractivity contribution in [3.8, 4) is 5.75 Å². The van der Waals surface area contributed by atoms with E-state index in [0.717, 1.165) is 29.4 Å². The Bertz CT molecular complexity index is 815. The second-order valence-electron chi connectivity index (χ2n) is 7.59. The number of methoxy groups -OCH3 is 1. The molecule has 2 unspecified atom stereocenters. The molecule has 6 atom stereocenters. The molecule has 3 aliphatic heterocycles. The number of aliphatic hydroxyl groups is 2. The normalized spacial score (nSPS) is 33.2. The third-order valence-electron chi connectivity index (χ3n) is 6.28.